The van der Waals surface area contributed by atoms with E-state index in [2.05, 4.69) is 53.8 Å². The Morgan fingerprint density at radius 1 is 1.21 bits per heavy atom. The minimum atomic E-state index is -0.936. The van der Waals surface area contributed by atoms with E-state index in [4.69, 9.17) is 0 Å². The van der Waals surface area contributed by atoms with Crippen LogP contribution in [-0.2, 0) is 0 Å². The van der Waals surface area contributed by atoms with E-state index in [0.717, 1.165) is 40.2 Å². The summed E-state index contributed by atoms with van der Waals surface area (Å²) in [6, 6.07) is 13.2. The van der Waals surface area contributed by atoms with Crippen molar-refractivity contribution >= 4 is 33.8 Å². The molecule has 0 saturated heterocycles. The van der Waals surface area contributed by atoms with Crippen molar-refractivity contribution < 1.29 is 9.90 Å². The number of nitrogens with zero attached hydrogens (tertiary/aromatic N) is 3. The smallest absolute Gasteiger partial charge is 0.336 e. The second-order valence-corrected chi connectivity index (χ2v) is 10.4. The third-order valence-corrected chi connectivity index (χ3v) is 6.91. The summed E-state index contributed by atoms with van der Waals surface area (Å²) in [6.45, 7) is 12.3. The predicted octanol–water partition coefficient (Wildman–Crippen LogP) is 6.81. The van der Waals surface area contributed by atoms with Gasteiger partial charge in [-0.2, -0.15) is 0 Å². The average Bonchev–Trinajstić information content (AvgIpc) is 3.57. The second kappa shape index (κ2) is 10.4. The molecule has 1 aliphatic rings. The molecule has 1 aliphatic carbocycles. The molecule has 0 radical (unpaired) electrons. The van der Waals surface area contributed by atoms with E-state index in [0.29, 0.717) is 23.3 Å². The lowest BCUT2D eigenvalue weighted by molar-refractivity contribution is 0.0697. The molecule has 1 unspecified atom stereocenters. The van der Waals surface area contributed by atoms with Crippen LogP contribution < -0.4 is 10.2 Å². The van der Waals surface area contributed by atoms with Crippen LogP contribution in [0.1, 0.15) is 54.9 Å². The van der Waals surface area contributed by atoms with E-state index in [1.54, 1.807) is 23.5 Å². The number of carbonyl (C=O) groups is 1. The number of hydrogen-bond donors (Lipinski definition) is 2. The fourth-order valence-electron chi connectivity index (χ4n) is 4.03. The maximum Gasteiger partial charge on any atom is 0.336 e. The summed E-state index contributed by atoms with van der Waals surface area (Å²) in [5.74, 6) is 0.406. The molecule has 4 rings (SSSR count). The molecule has 3 aromatic rings. The highest BCUT2D eigenvalue weighted by Gasteiger charge is 2.28. The summed E-state index contributed by atoms with van der Waals surface area (Å²) in [7, 11) is 0. The summed E-state index contributed by atoms with van der Waals surface area (Å²) >= 11 is 1.60. The number of aromatic carboxylic acids is 1. The van der Waals surface area contributed by atoms with E-state index in [1.165, 1.54) is 12.8 Å². The Hall–Kier alpha value is -3.19. The van der Waals surface area contributed by atoms with Gasteiger partial charge in [-0.1, -0.05) is 62.4 Å². The Morgan fingerprint density at radius 2 is 1.97 bits per heavy atom. The predicted molar refractivity (Wildman–Crippen MR) is 140 cm³/mol. The highest BCUT2D eigenvalue weighted by atomic mass is 32.1. The van der Waals surface area contributed by atoms with E-state index >= 15 is 0 Å². The van der Waals surface area contributed by atoms with Gasteiger partial charge in [0.2, 0.25) is 5.13 Å². The number of rotatable bonds is 11. The quantitative estimate of drug-likeness (QED) is 0.296. The van der Waals surface area contributed by atoms with Crippen LogP contribution in [0.15, 0.2) is 55.1 Å². The largest absolute Gasteiger partial charge is 0.478 e. The van der Waals surface area contributed by atoms with E-state index in [-0.39, 0.29) is 5.56 Å². The van der Waals surface area contributed by atoms with Gasteiger partial charge in [-0.15, -0.1) is 16.8 Å². The highest BCUT2D eigenvalue weighted by molar-refractivity contribution is 7.15. The lowest BCUT2D eigenvalue weighted by atomic mass is 9.98. The molecule has 1 fully saturated rings. The third-order valence-electron chi connectivity index (χ3n) is 5.91. The Labute approximate surface area is 205 Å². The Morgan fingerprint density at radius 3 is 2.65 bits per heavy atom. The van der Waals surface area contributed by atoms with Crippen LogP contribution in [-0.4, -0.2) is 34.4 Å². The van der Waals surface area contributed by atoms with Crippen molar-refractivity contribution in [2.24, 2.45) is 11.8 Å². The molecule has 0 bridgehead atoms. The molecular formula is C27H32N4O2S. The molecule has 178 valence electrons. The SMILES string of the molecule is C=CC(C)CN(CC(C)C)c1ccc(-c2ccccc2C(=O)O)cc1Nc1nnc(C2CC2)s1. The first kappa shape index (κ1) is 24.0. The van der Waals surface area contributed by atoms with E-state index < -0.39 is 5.97 Å². The normalized spacial score (nSPS) is 14.1. The second-order valence-electron chi connectivity index (χ2n) is 9.44. The molecule has 0 aliphatic heterocycles. The maximum atomic E-state index is 11.8. The van der Waals surface area contributed by atoms with Crippen LogP contribution in [0.25, 0.3) is 11.1 Å². The summed E-state index contributed by atoms with van der Waals surface area (Å²) < 4.78 is 0. The zero-order chi connectivity index (χ0) is 24.2. The molecular weight excluding hydrogens is 444 g/mol. The van der Waals surface area contributed by atoms with Gasteiger partial charge in [-0.25, -0.2) is 4.79 Å². The van der Waals surface area contributed by atoms with Gasteiger partial charge in [-0.3, -0.25) is 0 Å². The van der Waals surface area contributed by atoms with Gasteiger partial charge in [0.1, 0.15) is 5.01 Å². The van der Waals surface area contributed by atoms with Crippen molar-refractivity contribution in [3.8, 4) is 11.1 Å². The zero-order valence-corrected chi connectivity index (χ0v) is 20.8. The number of anilines is 3. The molecule has 7 heteroatoms. The molecule has 1 aromatic heterocycles. The van der Waals surface area contributed by atoms with Crippen molar-refractivity contribution in [1.29, 1.82) is 0 Å². The first-order valence-corrected chi connectivity index (χ1v) is 12.6. The highest BCUT2D eigenvalue weighted by Crippen LogP contribution is 2.43. The summed E-state index contributed by atoms with van der Waals surface area (Å²) in [4.78, 5) is 14.2. The van der Waals surface area contributed by atoms with Gasteiger partial charge in [0.25, 0.3) is 0 Å². The van der Waals surface area contributed by atoms with Gasteiger partial charge < -0.3 is 15.3 Å². The monoisotopic (exact) mass is 476 g/mol. The summed E-state index contributed by atoms with van der Waals surface area (Å²) in [5, 5.41) is 23.8. The van der Waals surface area contributed by atoms with E-state index in [1.807, 2.05) is 30.3 Å². The fraction of sp³-hybridized carbons (Fsp3) is 0.370. The Balaban J connectivity index is 1.77. The number of carboxylic acid groups (broad SMARTS) is 1. The molecule has 1 heterocycles. The van der Waals surface area contributed by atoms with Crippen LogP contribution in [0.4, 0.5) is 16.5 Å². The standard InChI is InChI=1S/C27H32N4O2S/c1-5-18(4)16-31(15-17(2)3)24-13-12-20(21-8-6-7-9-22(21)26(32)33)14-23(24)28-27-30-29-25(34-27)19-10-11-19/h5-9,12-14,17-19H,1,10-11,15-16H2,2-4H3,(H,28,30)(H,32,33). The van der Waals surface area contributed by atoms with Crippen LogP contribution in [0.2, 0.25) is 0 Å². The molecule has 1 saturated carbocycles. The van der Waals surface area contributed by atoms with Gasteiger partial charge in [0.05, 0.1) is 16.9 Å². The number of aromatic nitrogens is 2. The van der Waals surface area contributed by atoms with Crippen molar-refractivity contribution in [3.63, 3.8) is 0 Å². The minimum absolute atomic E-state index is 0.285. The van der Waals surface area contributed by atoms with Crippen molar-refractivity contribution in [1.82, 2.24) is 10.2 Å². The third kappa shape index (κ3) is 5.65. The average molecular weight is 477 g/mol. The van der Waals surface area contributed by atoms with Gasteiger partial charge >= 0.3 is 5.97 Å². The zero-order valence-electron chi connectivity index (χ0n) is 20.0. The van der Waals surface area contributed by atoms with Crippen LogP contribution >= 0.6 is 11.3 Å². The number of nitrogens with one attached hydrogen (secondary N) is 1. The summed E-state index contributed by atoms with van der Waals surface area (Å²) in [6.07, 6.45) is 4.34. The van der Waals surface area contributed by atoms with Crippen molar-refractivity contribution in [2.45, 2.75) is 39.5 Å². The Kier molecular flexibility index (Phi) is 7.32. The first-order chi connectivity index (χ1) is 16.4. The molecule has 0 amide bonds. The molecule has 1 atom stereocenters. The topological polar surface area (TPSA) is 78.4 Å². The number of benzene rings is 2. The van der Waals surface area contributed by atoms with Crippen LogP contribution in [0, 0.1) is 11.8 Å². The molecule has 2 N–H and O–H groups in total. The van der Waals surface area contributed by atoms with Crippen LogP contribution in [0.3, 0.4) is 0 Å². The minimum Gasteiger partial charge on any atom is -0.478 e. The maximum absolute atomic E-state index is 11.8. The lowest BCUT2D eigenvalue weighted by Gasteiger charge is -2.31. The number of hydrogen-bond acceptors (Lipinski definition) is 6. The molecule has 6 nitrogen and oxygen atoms in total. The van der Waals surface area contributed by atoms with E-state index in [9.17, 15) is 9.90 Å². The first-order valence-electron chi connectivity index (χ1n) is 11.8. The Bertz CT molecular complexity index is 1170. The summed E-state index contributed by atoms with van der Waals surface area (Å²) in [5.41, 5.74) is 3.77. The lowest BCUT2D eigenvalue weighted by Crippen LogP contribution is -2.32. The van der Waals surface area contributed by atoms with Gasteiger partial charge in [-0.05, 0) is 54.0 Å². The van der Waals surface area contributed by atoms with Crippen molar-refractivity contribution in [3.05, 3.63) is 65.7 Å². The number of carboxylic acids is 1. The van der Waals surface area contributed by atoms with Gasteiger partial charge in [0.15, 0.2) is 0 Å². The van der Waals surface area contributed by atoms with Crippen LogP contribution in [0.5, 0.6) is 0 Å². The molecule has 34 heavy (non-hydrogen) atoms. The van der Waals surface area contributed by atoms with Crippen molar-refractivity contribution in [2.75, 3.05) is 23.3 Å². The molecule has 0 spiro atoms. The molecule has 2 aromatic carbocycles. The van der Waals surface area contributed by atoms with Gasteiger partial charge in [0, 0.05) is 19.0 Å². The fourth-order valence-corrected chi connectivity index (χ4v) is 4.96.